The van der Waals surface area contributed by atoms with Crippen molar-refractivity contribution in [3.05, 3.63) is 60.6 Å². The number of hydrogen-bond donors (Lipinski definition) is 1. The highest BCUT2D eigenvalue weighted by Gasteiger charge is 2.30. The summed E-state index contributed by atoms with van der Waals surface area (Å²) in [4.78, 5) is 13.8. The van der Waals surface area contributed by atoms with Crippen LogP contribution >= 0.6 is 0 Å². The van der Waals surface area contributed by atoms with Gasteiger partial charge < -0.3 is 15.0 Å². The highest BCUT2D eigenvalue weighted by molar-refractivity contribution is 5.91. The van der Waals surface area contributed by atoms with Crippen LogP contribution in [0.5, 0.6) is 5.75 Å². The Hall–Kier alpha value is -2.93. The van der Waals surface area contributed by atoms with Crippen LogP contribution in [0.1, 0.15) is 11.6 Å². The van der Waals surface area contributed by atoms with Gasteiger partial charge in [0.05, 0.1) is 24.5 Å². The molecule has 0 spiro atoms. The molecule has 133 valence electrons. The fourth-order valence-electron chi connectivity index (χ4n) is 3.48. The Morgan fingerprint density at radius 3 is 2.65 bits per heavy atom. The summed E-state index contributed by atoms with van der Waals surface area (Å²) >= 11 is 0. The molecule has 1 N–H and O–H groups in total. The summed E-state index contributed by atoms with van der Waals surface area (Å²) in [6, 6.07) is 16.1. The van der Waals surface area contributed by atoms with E-state index in [1.165, 1.54) is 6.54 Å². The minimum Gasteiger partial charge on any atom is -0.496 e. The molecule has 1 radical (unpaired) electrons. The average molecular weight is 350 g/mol. The quantitative estimate of drug-likeness (QED) is 0.918. The second kappa shape index (κ2) is 7.13. The van der Waals surface area contributed by atoms with Gasteiger partial charge in [-0.05, 0) is 18.2 Å². The first-order valence-corrected chi connectivity index (χ1v) is 8.57. The molecule has 1 saturated heterocycles. The van der Waals surface area contributed by atoms with E-state index in [1.807, 2.05) is 36.4 Å². The number of benzene rings is 2. The molecule has 2 aliphatic heterocycles. The van der Waals surface area contributed by atoms with Crippen LogP contribution in [0.2, 0.25) is 0 Å². The smallest absolute Gasteiger partial charge is 0.293 e. The summed E-state index contributed by atoms with van der Waals surface area (Å²) in [5, 5.41) is 12.6. The second-order valence-electron chi connectivity index (χ2n) is 6.15. The number of amides is 1. The number of rotatable bonds is 4. The van der Waals surface area contributed by atoms with E-state index in [0.29, 0.717) is 0 Å². The zero-order valence-corrected chi connectivity index (χ0v) is 14.5. The van der Waals surface area contributed by atoms with Crippen molar-refractivity contribution in [2.24, 2.45) is 10.3 Å². The standard InChI is InChI=1S/C19H20N5O2/c1-26-18-9-5-2-6-14(18)17-12-20-10-11-23(17)15-7-3-4-8-16(15)24-13-19(25)21-22-24/h2-9,13,17,20H,10-12H2,1H3. The minimum absolute atomic E-state index is 0.108. The van der Waals surface area contributed by atoms with Crippen LogP contribution in [0, 0.1) is 6.54 Å². The van der Waals surface area contributed by atoms with E-state index in [4.69, 9.17) is 4.74 Å². The first kappa shape index (κ1) is 16.5. The first-order chi connectivity index (χ1) is 12.8. The highest BCUT2D eigenvalue weighted by atomic mass is 16.5. The molecule has 0 aliphatic carbocycles. The lowest BCUT2D eigenvalue weighted by Gasteiger charge is -2.40. The summed E-state index contributed by atoms with van der Waals surface area (Å²) in [7, 11) is 1.69. The van der Waals surface area contributed by atoms with Crippen molar-refractivity contribution in [1.82, 2.24) is 5.32 Å². The monoisotopic (exact) mass is 350 g/mol. The number of hydrogen-bond acceptors (Lipinski definition) is 6. The molecule has 2 aromatic rings. The molecular weight excluding hydrogens is 330 g/mol. The average Bonchev–Trinajstić information content (AvgIpc) is 3.14. The lowest BCUT2D eigenvalue weighted by molar-refractivity contribution is -0.114. The molecule has 1 unspecified atom stereocenters. The van der Waals surface area contributed by atoms with Crippen molar-refractivity contribution < 1.29 is 9.53 Å². The third-order valence-corrected chi connectivity index (χ3v) is 4.65. The zero-order valence-electron chi connectivity index (χ0n) is 14.5. The van der Waals surface area contributed by atoms with Gasteiger partial charge in [0.2, 0.25) is 0 Å². The third kappa shape index (κ3) is 3.01. The fourth-order valence-corrected chi connectivity index (χ4v) is 3.48. The van der Waals surface area contributed by atoms with E-state index in [1.54, 1.807) is 12.1 Å². The van der Waals surface area contributed by atoms with E-state index in [-0.39, 0.29) is 11.9 Å². The van der Waals surface area contributed by atoms with Gasteiger partial charge in [-0.25, -0.2) is 5.01 Å². The molecule has 2 aromatic carbocycles. The number of ether oxygens (including phenoxy) is 1. The summed E-state index contributed by atoms with van der Waals surface area (Å²) < 4.78 is 5.58. The molecular formula is C19H20N5O2. The maximum atomic E-state index is 11.5. The van der Waals surface area contributed by atoms with E-state index < -0.39 is 0 Å². The van der Waals surface area contributed by atoms with Crippen LogP contribution in [0.3, 0.4) is 0 Å². The lowest BCUT2D eigenvalue weighted by atomic mass is 10.0. The van der Waals surface area contributed by atoms with Crippen molar-refractivity contribution >= 4 is 17.3 Å². The summed E-state index contributed by atoms with van der Waals surface area (Å²) in [5.74, 6) is 0.521. The van der Waals surface area contributed by atoms with E-state index in [9.17, 15) is 4.79 Å². The highest BCUT2D eigenvalue weighted by Crippen LogP contribution is 2.39. The number of methoxy groups -OCH3 is 1. The number of para-hydroxylation sites is 3. The van der Waals surface area contributed by atoms with Crippen LogP contribution in [0.25, 0.3) is 0 Å². The van der Waals surface area contributed by atoms with Crippen LogP contribution in [-0.4, -0.2) is 32.7 Å². The molecule has 2 heterocycles. The van der Waals surface area contributed by atoms with E-state index in [2.05, 4.69) is 32.7 Å². The van der Waals surface area contributed by atoms with Gasteiger partial charge in [-0.1, -0.05) is 40.7 Å². The van der Waals surface area contributed by atoms with Gasteiger partial charge in [-0.15, -0.1) is 0 Å². The van der Waals surface area contributed by atoms with Crippen LogP contribution in [0.4, 0.5) is 11.4 Å². The van der Waals surface area contributed by atoms with Crippen molar-refractivity contribution in [2.45, 2.75) is 6.04 Å². The topological polar surface area (TPSA) is 69.5 Å². The molecule has 0 saturated carbocycles. The molecule has 0 bridgehead atoms. The Morgan fingerprint density at radius 2 is 1.88 bits per heavy atom. The molecule has 2 aliphatic rings. The number of nitrogens with one attached hydrogen (secondary N) is 1. The number of carbonyl (C=O) groups is 1. The summed E-state index contributed by atoms with van der Waals surface area (Å²) in [6.07, 6.45) is 0. The predicted molar refractivity (Wildman–Crippen MR) is 99.0 cm³/mol. The maximum Gasteiger partial charge on any atom is 0.293 e. The van der Waals surface area contributed by atoms with Gasteiger partial charge in [0.25, 0.3) is 5.91 Å². The van der Waals surface area contributed by atoms with E-state index in [0.717, 1.165) is 42.3 Å². The molecule has 1 amide bonds. The molecule has 4 rings (SSSR count). The fraction of sp³-hybridized carbons (Fsp3) is 0.263. The molecule has 7 nitrogen and oxygen atoms in total. The van der Waals surface area contributed by atoms with Crippen molar-refractivity contribution in [2.75, 3.05) is 36.7 Å². The Kier molecular flexibility index (Phi) is 4.53. The van der Waals surface area contributed by atoms with Crippen LogP contribution in [0.15, 0.2) is 58.9 Å². The number of carbonyl (C=O) groups excluding carboxylic acids is 1. The Balaban J connectivity index is 1.74. The number of piperazine rings is 1. The SMILES string of the molecule is COc1ccccc1C1CNCCN1c1ccccc1N1[CH]C(=O)N=N1. The Labute approximate surface area is 152 Å². The summed E-state index contributed by atoms with van der Waals surface area (Å²) in [6.45, 7) is 3.92. The first-order valence-electron chi connectivity index (χ1n) is 8.57. The van der Waals surface area contributed by atoms with Crippen molar-refractivity contribution in [1.29, 1.82) is 0 Å². The van der Waals surface area contributed by atoms with Crippen LogP contribution < -0.4 is 20.0 Å². The number of nitrogens with zero attached hydrogens (tertiary/aromatic N) is 4. The molecule has 26 heavy (non-hydrogen) atoms. The molecule has 7 heteroatoms. The number of anilines is 2. The normalized spacial score (nSPS) is 19.9. The van der Waals surface area contributed by atoms with Gasteiger partial charge >= 0.3 is 0 Å². The Bertz CT molecular complexity index is 838. The van der Waals surface area contributed by atoms with Gasteiger partial charge in [-0.2, -0.15) is 0 Å². The minimum atomic E-state index is -0.346. The van der Waals surface area contributed by atoms with Gasteiger partial charge in [0, 0.05) is 25.2 Å². The molecule has 1 fully saturated rings. The zero-order chi connectivity index (χ0) is 17.9. The lowest BCUT2D eigenvalue weighted by Crippen LogP contribution is -2.46. The Morgan fingerprint density at radius 1 is 1.12 bits per heavy atom. The third-order valence-electron chi connectivity index (χ3n) is 4.65. The second-order valence-corrected chi connectivity index (χ2v) is 6.15. The van der Waals surface area contributed by atoms with Gasteiger partial charge in [-0.3, -0.25) is 4.79 Å². The predicted octanol–water partition coefficient (Wildman–Crippen LogP) is 2.72. The van der Waals surface area contributed by atoms with Crippen LogP contribution in [-0.2, 0) is 4.79 Å². The molecule has 1 atom stereocenters. The van der Waals surface area contributed by atoms with Gasteiger partial charge in [0.1, 0.15) is 5.75 Å². The van der Waals surface area contributed by atoms with Crippen molar-refractivity contribution in [3.8, 4) is 5.75 Å². The van der Waals surface area contributed by atoms with Crippen molar-refractivity contribution in [3.63, 3.8) is 0 Å². The largest absolute Gasteiger partial charge is 0.496 e. The van der Waals surface area contributed by atoms with E-state index >= 15 is 0 Å². The molecule has 0 aromatic heterocycles. The maximum absolute atomic E-state index is 11.5. The van der Waals surface area contributed by atoms with Gasteiger partial charge in [0.15, 0.2) is 6.54 Å². The summed E-state index contributed by atoms with van der Waals surface area (Å²) in [5.41, 5.74) is 2.97.